The molecule has 2 N–H and O–H groups in total. The van der Waals surface area contributed by atoms with Crippen molar-refractivity contribution in [3.05, 3.63) is 11.2 Å². The van der Waals surface area contributed by atoms with Crippen molar-refractivity contribution in [2.45, 2.75) is 31.2 Å². The van der Waals surface area contributed by atoms with Gasteiger partial charge >= 0.3 is 5.97 Å². The first-order valence-electron chi connectivity index (χ1n) is 6.13. The number of aromatic carboxylic acids is 1. The molecular weight excluding hydrogens is 250 g/mol. The number of aromatic nitrogens is 1. The minimum absolute atomic E-state index is 0.131. The number of hydrogen-bond acceptors (Lipinski definition) is 5. The quantitative estimate of drug-likeness (QED) is 0.857. The van der Waals surface area contributed by atoms with Crippen LogP contribution in [0.5, 0.6) is 0 Å². The lowest BCUT2D eigenvalue weighted by Gasteiger charge is -2.36. The van der Waals surface area contributed by atoms with Crippen molar-refractivity contribution < 1.29 is 9.90 Å². The molecule has 2 rings (SSSR count). The molecule has 1 saturated carbocycles. The van der Waals surface area contributed by atoms with Crippen molar-refractivity contribution in [3.63, 3.8) is 0 Å². The molecule has 0 atom stereocenters. The number of anilines is 1. The minimum atomic E-state index is -0.968. The van der Waals surface area contributed by atoms with Crippen LogP contribution in [0.4, 0.5) is 5.00 Å². The van der Waals surface area contributed by atoms with Crippen LogP contribution in [-0.2, 0) is 0 Å². The number of thiazole rings is 1. The van der Waals surface area contributed by atoms with Crippen LogP contribution in [0.1, 0.15) is 36.2 Å². The zero-order valence-corrected chi connectivity index (χ0v) is 11.6. The third-order valence-electron chi connectivity index (χ3n) is 3.83. The zero-order chi connectivity index (χ0) is 13.2. The monoisotopic (exact) mass is 269 g/mol. The van der Waals surface area contributed by atoms with Gasteiger partial charge in [-0.25, -0.2) is 9.78 Å². The Kier molecular flexibility index (Phi) is 3.87. The third-order valence-corrected chi connectivity index (χ3v) is 4.62. The van der Waals surface area contributed by atoms with Gasteiger partial charge in [0.15, 0.2) is 5.69 Å². The van der Waals surface area contributed by atoms with E-state index in [1.165, 1.54) is 24.2 Å². The number of carboxylic acid groups (broad SMARTS) is 1. The Morgan fingerprint density at radius 2 is 2.22 bits per heavy atom. The Bertz CT molecular complexity index is 425. The number of carbonyl (C=O) groups is 1. The molecule has 0 unspecified atom stereocenters. The van der Waals surface area contributed by atoms with E-state index in [4.69, 9.17) is 5.11 Å². The molecule has 100 valence electrons. The first kappa shape index (κ1) is 13.3. The molecule has 0 spiro atoms. The SMILES string of the molecule is CN(C)C1(CNc2scnc2C(=O)O)CCCC1. The number of likely N-dealkylation sites (N-methyl/N-ethyl adjacent to an activating group) is 1. The van der Waals surface area contributed by atoms with Crippen LogP contribution < -0.4 is 5.32 Å². The third kappa shape index (κ3) is 2.49. The average Bonchev–Trinajstić information content (AvgIpc) is 2.96. The number of rotatable bonds is 5. The smallest absolute Gasteiger partial charge is 0.357 e. The van der Waals surface area contributed by atoms with E-state index >= 15 is 0 Å². The maximum Gasteiger partial charge on any atom is 0.357 e. The number of nitrogens with zero attached hydrogens (tertiary/aromatic N) is 2. The summed E-state index contributed by atoms with van der Waals surface area (Å²) in [5.41, 5.74) is 1.86. The van der Waals surface area contributed by atoms with Gasteiger partial charge in [-0.2, -0.15) is 0 Å². The Morgan fingerprint density at radius 3 is 2.78 bits per heavy atom. The van der Waals surface area contributed by atoms with Gasteiger partial charge in [0, 0.05) is 12.1 Å². The highest BCUT2D eigenvalue weighted by atomic mass is 32.1. The second-order valence-electron chi connectivity index (χ2n) is 5.01. The van der Waals surface area contributed by atoms with Gasteiger partial charge < -0.3 is 15.3 Å². The minimum Gasteiger partial charge on any atom is -0.476 e. The first-order chi connectivity index (χ1) is 8.55. The first-order valence-corrected chi connectivity index (χ1v) is 7.01. The van der Waals surface area contributed by atoms with Crippen molar-refractivity contribution in [1.82, 2.24) is 9.88 Å². The summed E-state index contributed by atoms with van der Waals surface area (Å²) in [6.45, 7) is 0.780. The Labute approximate surface area is 111 Å². The second-order valence-corrected chi connectivity index (χ2v) is 5.87. The van der Waals surface area contributed by atoms with Crippen LogP contribution >= 0.6 is 11.3 Å². The lowest BCUT2D eigenvalue weighted by molar-refractivity contribution is 0.0692. The van der Waals surface area contributed by atoms with E-state index in [2.05, 4.69) is 29.3 Å². The molecule has 0 aromatic carbocycles. The Balaban J connectivity index is 2.06. The fourth-order valence-corrected chi connectivity index (χ4v) is 3.25. The van der Waals surface area contributed by atoms with Gasteiger partial charge in [-0.05, 0) is 26.9 Å². The standard InChI is InChI=1S/C12H19N3O2S/c1-15(2)12(5-3-4-6-12)7-13-10-9(11(16)17)14-8-18-10/h8,13H,3-7H2,1-2H3,(H,16,17). The largest absolute Gasteiger partial charge is 0.476 e. The topological polar surface area (TPSA) is 65.5 Å². The van der Waals surface area contributed by atoms with Crippen LogP contribution in [0.25, 0.3) is 0 Å². The van der Waals surface area contributed by atoms with E-state index in [0.29, 0.717) is 5.00 Å². The van der Waals surface area contributed by atoms with Crippen molar-refractivity contribution in [2.24, 2.45) is 0 Å². The zero-order valence-electron chi connectivity index (χ0n) is 10.8. The molecule has 1 heterocycles. The molecule has 0 aliphatic heterocycles. The molecule has 5 nitrogen and oxygen atoms in total. The van der Waals surface area contributed by atoms with Gasteiger partial charge in [-0.1, -0.05) is 12.8 Å². The lowest BCUT2D eigenvalue weighted by atomic mass is 9.96. The van der Waals surface area contributed by atoms with Gasteiger partial charge in [0.2, 0.25) is 0 Å². The molecule has 1 aliphatic carbocycles. The molecule has 1 fully saturated rings. The molecule has 0 bridgehead atoms. The van der Waals surface area contributed by atoms with Gasteiger partial charge in [0.05, 0.1) is 5.51 Å². The van der Waals surface area contributed by atoms with Crippen LogP contribution in [0, 0.1) is 0 Å². The summed E-state index contributed by atoms with van der Waals surface area (Å²) < 4.78 is 0. The molecule has 0 saturated heterocycles. The van der Waals surface area contributed by atoms with Crippen molar-refractivity contribution in [1.29, 1.82) is 0 Å². The van der Waals surface area contributed by atoms with E-state index in [1.807, 2.05) is 0 Å². The molecule has 18 heavy (non-hydrogen) atoms. The summed E-state index contributed by atoms with van der Waals surface area (Å²) in [6.07, 6.45) is 4.81. The highest BCUT2D eigenvalue weighted by Crippen LogP contribution is 2.34. The van der Waals surface area contributed by atoms with E-state index < -0.39 is 5.97 Å². The fraction of sp³-hybridized carbons (Fsp3) is 0.667. The summed E-state index contributed by atoms with van der Waals surface area (Å²) in [4.78, 5) is 17.1. The van der Waals surface area contributed by atoms with E-state index in [-0.39, 0.29) is 11.2 Å². The summed E-state index contributed by atoms with van der Waals surface area (Å²) in [6, 6.07) is 0. The van der Waals surface area contributed by atoms with Crippen LogP contribution in [-0.4, -0.2) is 47.1 Å². The highest BCUT2D eigenvalue weighted by molar-refractivity contribution is 7.14. The van der Waals surface area contributed by atoms with Crippen LogP contribution in [0.3, 0.4) is 0 Å². The van der Waals surface area contributed by atoms with Gasteiger partial charge in [-0.3, -0.25) is 0 Å². The van der Waals surface area contributed by atoms with Gasteiger partial charge in [0.25, 0.3) is 0 Å². The van der Waals surface area contributed by atoms with Crippen molar-refractivity contribution in [2.75, 3.05) is 26.0 Å². The molecular formula is C12H19N3O2S. The average molecular weight is 269 g/mol. The molecule has 1 aromatic rings. The number of nitrogens with one attached hydrogen (secondary N) is 1. The van der Waals surface area contributed by atoms with E-state index in [1.54, 1.807) is 5.51 Å². The molecule has 0 radical (unpaired) electrons. The summed E-state index contributed by atoms with van der Waals surface area (Å²) in [7, 11) is 4.19. The lowest BCUT2D eigenvalue weighted by Crippen LogP contribution is -2.47. The number of carboxylic acids is 1. The number of hydrogen-bond donors (Lipinski definition) is 2. The van der Waals surface area contributed by atoms with Crippen molar-refractivity contribution >= 4 is 22.3 Å². The predicted octanol–water partition coefficient (Wildman–Crippen LogP) is 2.13. The summed E-state index contributed by atoms with van der Waals surface area (Å²) in [5.74, 6) is -0.968. The molecule has 6 heteroatoms. The van der Waals surface area contributed by atoms with E-state index in [0.717, 1.165) is 19.4 Å². The normalized spacial score (nSPS) is 18.2. The van der Waals surface area contributed by atoms with Gasteiger partial charge in [-0.15, -0.1) is 11.3 Å². The molecule has 0 amide bonds. The van der Waals surface area contributed by atoms with E-state index in [9.17, 15) is 4.79 Å². The Morgan fingerprint density at radius 1 is 1.56 bits per heavy atom. The molecule has 1 aliphatic rings. The van der Waals surface area contributed by atoms with Gasteiger partial charge in [0.1, 0.15) is 5.00 Å². The van der Waals surface area contributed by atoms with Crippen LogP contribution in [0.2, 0.25) is 0 Å². The maximum absolute atomic E-state index is 11.0. The highest BCUT2D eigenvalue weighted by Gasteiger charge is 2.36. The van der Waals surface area contributed by atoms with Crippen molar-refractivity contribution in [3.8, 4) is 0 Å². The van der Waals surface area contributed by atoms with Crippen LogP contribution in [0.15, 0.2) is 5.51 Å². The molecule has 1 aromatic heterocycles. The second kappa shape index (κ2) is 5.24. The summed E-state index contributed by atoms with van der Waals surface area (Å²) >= 11 is 1.35. The predicted molar refractivity (Wildman–Crippen MR) is 72.4 cm³/mol. The summed E-state index contributed by atoms with van der Waals surface area (Å²) in [5, 5.41) is 12.9. The fourth-order valence-electron chi connectivity index (χ4n) is 2.58. The Hall–Kier alpha value is -1.14. The maximum atomic E-state index is 11.0.